The summed E-state index contributed by atoms with van der Waals surface area (Å²) in [5.74, 6) is 1.01. The van der Waals surface area contributed by atoms with Crippen LogP contribution in [0.1, 0.15) is 12.6 Å². The third-order valence-corrected chi connectivity index (χ3v) is 7.80. The van der Waals surface area contributed by atoms with Gasteiger partial charge in [-0.25, -0.2) is 14.4 Å². The molecule has 0 spiro atoms. The molecular formula is C41H60ClK2N7O10. The van der Waals surface area contributed by atoms with Gasteiger partial charge in [0, 0.05) is 91.1 Å². The summed E-state index contributed by atoms with van der Waals surface area (Å²) in [6, 6.07) is 38.7. The zero-order valence-corrected chi connectivity index (χ0v) is 42.8. The Morgan fingerprint density at radius 1 is 0.672 bits per heavy atom. The van der Waals surface area contributed by atoms with Crippen LogP contribution in [0, 0.1) is 0 Å². The van der Waals surface area contributed by atoms with Crippen LogP contribution in [-0.4, -0.2) is 123 Å². The molecule has 0 unspecified atom stereocenters. The Hall–Kier alpha value is -2.36. The number of ether oxygens (including phenoxy) is 2. The van der Waals surface area contributed by atoms with Crippen LogP contribution in [0.5, 0.6) is 11.5 Å². The Kier molecular flexibility index (Phi) is 47.3. The number of piperazine rings is 2. The van der Waals surface area contributed by atoms with Gasteiger partial charge >= 0.3 is 120 Å². The summed E-state index contributed by atoms with van der Waals surface area (Å²) < 4.78 is 9.35. The van der Waals surface area contributed by atoms with Crippen LogP contribution >= 0.6 is 11.6 Å². The van der Waals surface area contributed by atoms with Crippen LogP contribution in [0.25, 0.3) is 0 Å². The van der Waals surface area contributed by atoms with Crippen molar-refractivity contribution in [1.82, 2.24) is 30.7 Å². The first-order valence-corrected chi connectivity index (χ1v) is 18.5. The van der Waals surface area contributed by atoms with E-state index in [-0.39, 0.29) is 128 Å². The average molecular weight is 925 g/mol. The summed E-state index contributed by atoms with van der Waals surface area (Å²) in [5, 5.41) is 16.8. The number of hydrogen-bond donors (Lipinski definition) is 4. The molecule has 2 fully saturated rings. The number of nitrogens with zero attached hydrogens (tertiary/aromatic N) is 3. The molecule has 2 heterocycles. The minimum absolute atomic E-state index is 0. The molecule has 0 bridgehead atoms. The summed E-state index contributed by atoms with van der Waals surface area (Å²) >= 11 is 4.95. The Morgan fingerprint density at radius 2 is 1.03 bits per heavy atom. The van der Waals surface area contributed by atoms with Gasteiger partial charge in [0.1, 0.15) is 11.5 Å². The molecule has 2 aliphatic heterocycles. The fraction of sp³-hybridized carbons (Fsp3) is 0.317. The van der Waals surface area contributed by atoms with Crippen LogP contribution < -0.4 is 139 Å². The summed E-state index contributed by atoms with van der Waals surface area (Å²) in [4.78, 5) is 50.2. The quantitative estimate of drug-likeness (QED) is 0.0465. The fourth-order valence-electron chi connectivity index (χ4n) is 5.05. The number of halogens is 1. The molecule has 17 nitrogen and oxygen atoms in total. The topological polar surface area (TPSA) is 254 Å². The van der Waals surface area contributed by atoms with Gasteiger partial charge in [-0.05, 0) is 42.4 Å². The molecule has 6 rings (SSSR count). The number of nitrogens with two attached hydrogens (primary N) is 1. The van der Waals surface area contributed by atoms with Crippen molar-refractivity contribution in [3.63, 3.8) is 0 Å². The van der Waals surface area contributed by atoms with Gasteiger partial charge in [-0.3, -0.25) is 14.6 Å². The molecule has 4 aromatic carbocycles. The summed E-state index contributed by atoms with van der Waals surface area (Å²) in [6.07, 6.45) is -0.448. The van der Waals surface area contributed by atoms with Crippen molar-refractivity contribution < 1.29 is 154 Å². The molecular weight excluding hydrogens is 864 g/mol. The van der Waals surface area contributed by atoms with Crippen LogP contribution in [0.3, 0.4) is 0 Å². The van der Waals surface area contributed by atoms with Crippen molar-refractivity contribution in [3.05, 3.63) is 132 Å². The van der Waals surface area contributed by atoms with E-state index >= 15 is 0 Å². The maximum Gasteiger partial charge on any atom is 1.00 e. The van der Waals surface area contributed by atoms with Crippen molar-refractivity contribution in [3.8, 4) is 11.5 Å². The van der Waals surface area contributed by atoms with E-state index in [1.807, 2.05) is 23.1 Å². The maximum absolute atomic E-state index is 11.4. The summed E-state index contributed by atoms with van der Waals surface area (Å²) in [5.41, 5.74) is 6.44. The van der Waals surface area contributed by atoms with E-state index in [0.717, 1.165) is 52.4 Å². The SMILES string of the molecule is CN.CNC(=O)N1CCN(Cc2ccccc2)CC1.CNC(=O)Oc1ccccc1.O.O.O=C(Cl)Oc1ccccc1.O=CO[O-].[H-].[K+].[K+].c1ccc(CN2CCNCC2)cc1. The molecule has 2 aliphatic rings. The van der Waals surface area contributed by atoms with Crippen LogP contribution in [0.4, 0.5) is 14.4 Å². The third kappa shape index (κ3) is 33.8. The smallest absolute Gasteiger partial charge is 1.00 e. The van der Waals surface area contributed by atoms with Crippen molar-refractivity contribution in [2.75, 3.05) is 73.5 Å². The van der Waals surface area contributed by atoms with Crippen LogP contribution in [0.2, 0.25) is 0 Å². The minimum Gasteiger partial charge on any atom is -1.00 e. The fourth-order valence-corrected chi connectivity index (χ4v) is 5.14. The van der Waals surface area contributed by atoms with Gasteiger partial charge in [0.25, 0.3) is 6.47 Å². The van der Waals surface area contributed by atoms with E-state index in [1.54, 1.807) is 55.6 Å². The van der Waals surface area contributed by atoms with Crippen molar-refractivity contribution >= 4 is 35.6 Å². The molecule has 0 saturated carbocycles. The largest absolute Gasteiger partial charge is 1.00 e. The van der Waals surface area contributed by atoms with E-state index < -0.39 is 11.5 Å². The normalized spacial score (nSPS) is 12.2. The average Bonchev–Trinajstić information content (AvgIpc) is 3.27. The van der Waals surface area contributed by atoms with Gasteiger partial charge in [-0.2, -0.15) is 0 Å². The number of para-hydroxylation sites is 2. The minimum atomic E-state index is -0.814. The Bertz CT molecular complexity index is 1630. The molecule has 20 heteroatoms. The van der Waals surface area contributed by atoms with E-state index in [9.17, 15) is 14.4 Å². The summed E-state index contributed by atoms with van der Waals surface area (Å²) in [7, 11) is 4.70. The van der Waals surface area contributed by atoms with Gasteiger partial charge in [0.2, 0.25) is 0 Å². The molecule has 0 radical (unpaired) electrons. The second-order valence-electron chi connectivity index (χ2n) is 11.6. The molecule has 0 atom stereocenters. The summed E-state index contributed by atoms with van der Waals surface area (Å²) in [6.45, 7) is 10.0. The number of carbonyl (C=O) groups excluding carboxylic acids is 4. The van der Waals surface area contributed by atoms with Crippen molar-refractivity contribution in [1.29, 1.82) is 0 Å². The van der Waals surface area contributed by atoms with Gasteiger partial charge in [-0.15, -0.1) is 0 Å². The molecule has 328 valence electrons. The Balaban J connectivity index is -0.000000221. The van der Waals surface area contributed by atoms with Crippen molar-refractivity contribution in [2.24, 2.45) is 5.73 Å². The predicted octanol–water partition coefficient (Wildman–Crippen LogP) is -3.45. The number of hydrogen-bond acceptors (Lipinski definition) is 12. The monoisotopic (exact) mass is 923 g/mol. The number of urea groups is 1. The molecule has 2 saturated heterocycles. The van der Waals surface area contributed by atoms with Gasteiger partial charge in [0.05, 0.1) is 0 Å². The number of amides is 3. The first-order valence-electron chi connectivity index (χ1n) is 18.1. The number of nitrogens with one attached hydrogen (secondary N) is 3. The molecule has 4 aromatic rings. The molecule has 0 aromatic heterocycles. The number of benzene rings is 4. The number of carbonyl (C=O) groups is 4. The molecule has 61 heavy (non-hydrogen) atoms. The van der Waals surface area contributed by atoms with Gasteiger partial charge in [-0.1, -0.05) is 97.1 Å². The zero-order valence-electron chi connectivity index (χ0n) is 36.8. The first kappa shape index (κ1) is 65.3. The van der Waals surface area contributed by atoms with E-state index in [1.165, 1.54) is 38.3 Å². The second kappa shape index (κ2) is 44.3. The van der Waals surface area contributed by atoms with E-state index in [2.05, 4.69) is 95.7 Å². The maximum atomic E-state index is 11.4. The standard InChI is InChI=1S/C13H19N3O.C11H16N2.C8H9NO2.C7H5ClO2.CH5N.CH2O3.2K.2H2O.H/c1-14-13(17)16-9-7-15(8-10-16)11-12-5-3-2-4-6-12;1-2-4-11(5-3-1)10-13-8-6-12-7-9-13;1-9-8(10)11-7-5-3-2-4-6-7;8-7(9)10-6-4-2-1-3-5-6;1-2;2-1-4-3;;;;;/h2-6H,7-11H2,1H3,(H,14,17);1-5,12H,6-10H2;2-6H,1H3,(H,9,10);1-5H;2H2,1H3;1,3H;;;2*1H2;/q;;;;;;2*+1;;;-1/p-1. The molecule has 0 aliphatic carbocycles. The van der Waals surface area contributed by atoms with E-state index in [0.29, 0.717) is 11.5 Å². The van der Waals surface area contributed by atoms with Crippen molar-refractivity contribution in [2.45, 2.75) is 13.1 Å². The molecule has 3 amide bonds. The Labute approximate surface area is 450 Å². The third-order valence-electron chi connectivity index (χ3n) is 7.72. The van der Waals surface area contributed by atoms with Gasteiger partial charge in [0.15, 0.2) is 0 Å². The predicted molar refractivity (Wildman–Crippen MR) is 228 cm³/mol. The van der Waals surface area contributed by atoms with E-state index in [4.69, 9.17) is 26.4 Å². The van der Waals surface area contributed by atoms with Gasteiger partial charge < -0.3 is 58.6 Å². The van der Waals surface area contributed by atoms with Crippen LogP contribution in [0.15, 0.2) is 121 Å². The Morgan fingerprint density at radius 3 is 1.38 bits per heavy atom. The first-order chi connectivity index (χ1) is 27.8. The zero-order chi connectivity index (χ0) is 41.9. The number of rotatable bonds is 7. The second-order valence-corrected chi connectivity index (χ2v) is 11.9. The molecule has 9 N–H and O–H groups in total. The van der Waals surface area contributed by atoms with Crippen LogP contribution in [-0.2, 0) is 22.8 Å².